The minimum atomic E-state index is -0.616. The number of aromatic nitrogens is 1. The van der Waals surface area contributed by atoms with Gasteiger partial charge in [-0.1, -0.05) is 25.1 Å². The van der Waals surface area contributed by atoms with Crippen LogP contribution in [0.2, 0.25) is 0 Å². The van der Waals surface area contributed by atoms with E-state index in [-0.39, 0.29) is 13.2 Å². The van der Waals surface area contributed by atoms with Gasteiger partial charge in [0, 0.05) is 24.3 Å². The highest BCUT2D eigenvalue weighted by Crippen LogP contribution is 2.18. The molecule has 0 saturated heterocycles. The maximum atomic E-state index is 9.44. The van der Waals surface area contributed by atoms with Gasteiger partial charge in [-0.05, 0) is 23.4 Å². The second-order valence-corrected chi connectivity index (χ2v) is 4.82. The molecule has 1 aromatic heterocycles. The molecule has 4 heteroatoms. The second kappa shape index (κ2) is 6.10. The monoisotopic (exact) mass is 260 g/mol. The molecule has 0 amide bonds. The van der Waals surface area contributed by atoms with Crippen LogP contribution in [0.3, 0.4) is 0 Å². The fraction of sp³-hybridized carbons (Fsp3) is 0.400. The molecular weight excluding hydrogens is 240 g/mol. The average molecular weight is 260 g/mol. The van der Waals surface area contributed by atoms with Crippen molar-refractivity contribution in [2.75, 3.05) is 13.2 Å². The lowest BCUT2D eigenvalue weighted by Crippen LogP contribution is -2.50. The Morgan fingerprint density at radius 3 is 2.68 bits per heavy atom. The number of fused-ring (bicyclic) bond motifs is 1. The SMILES string of the molecule is CCC(CO)(CO)NCc1cccc2cnccc12. The number of benzene rings is 1. The van der Waals surface area contributed by atoms with Gasteiger partial charge in [-0.2, -0.15) is 0 Å². The minimum Gasteiger partial charge on any atom is -0.394 e. The lowest BCUT2D eigenvalue weighted by Gasteiger charge is -2.30. The number of hydrogen-bond acceptors (Lipinski definition) is 4. The Hall–Kier alpha value is -1.49. The van der Waals surface area contributed by atoms with E-state index in [1.807, 2.05) is 37.4 Å². The van der Waals surface area contributed by atoms with E-state index in [9.17, 15) is 10.2 Å². The van der Waals surface area contributed by atoms with Gasteiger partial charge < -0.3 is 15.5 Å². The molecule has 4 nitrogen and oxygen atoms in total. The van der Waals surface area contributed by atoms with Crippen LogP contribution in [0.5, 0.6) is 0 Å². The Morgan fingerprint density at radius 1 is 1.21 bits per heavy atom. The molecule has 2 aromatic rings. The number of aliphatic hydroxyl groups is 2. The van der Waals surface area contributed by atoms with Gasteiger partial charge in [-0.3, -0.25) is 4.98 Å². The first kappa shape index (κ1) is 13.9. The Balaban J connectivity index is 2.22. The molecule has 1 aromatic carbocycles. The maximum absolute atomic E-state index is 9.44. The Kier molecular flexibility index (Phi) is 4.47. The molecule has 0 fully saturated rings. The topological polar surface area (TPSA) is 65.4 Å². The summed E-state index contributed by atoms with van der Waals surface area (Å²) in [5, 5.41) is 24.4. The van der Waals surface area contributed by atoms with Gasteiger partial charge in [-0.25, -0.2) is 0 Å². The van der Waals surface area contributed by atoms with Crippen LogP contribution in [0.4, 0.5) is 0 Å². The van der Waals surface area contributed by atoms with Crippen LogP contribution in [0.1, 0.15) is 18.9 Å². The summed E-state index contributed by atoms with van der Waals surface area (Å²) in [6.07, 6.45) is 4.29. The first-order chi connectivity index (χ1) is 9.24. The zero-order chi connectivity index (χ0) is 13.7. The molecular formula is C15H20N2O2. The molecule has 0 aliphatic heterocycles. The van der Waals surface area contributed by atoms with Crippen LogP contribution >= 0.6 is 0 Å². The third kappa shape index (κ3) is 2.92. The minimum absolute atomic E-state index is 0.0771. The van der Waals surface area contributed by atoms with Gasteiger partial charge in [0.05, 0.1) is 18.8 Å². The van der Waals surface area contributed by atoms with E-state index in [1.165, 1.54) is 0 Å². The Labute approximate surface area is 113 Å². The smallest absolute Gasteiger partial charge is 0.0648 e. The molecule has 0 bridgehead atoms. The van der Waals surface area contributed by atoms with E-state index in [1.54, 1.807) is 6.20 Å². The number of aliphatic hydroxyl groups excluding tert-OH is 2. The molecule has 0 saturated carbocycles. The molecule has 0 atom stereocenters. The summed E-state index contributed by atoms with van der Waals surface area (Å²) in [6.45, 7) is 2.40. The van der Waals surface area contributed by atoms with Gasteiger partial charge >= 0.3 is 0 Å². The second-order valence-electron chi connectivity index (χ2n) is 4.82. The van der Waals surface area contributed by atoms with Crippen LogP contribution < -0.4 is 5.32 Å². The highest BCUT2D eigenvalue weighted by atomic mass is 16.3. The third-order valence-electron chi connectivity index (χ3n) is 3.71. The number of rotatable bonds is 6. The number of nitrogens with zero attached hydrogens (tertiary/aromatic N) is 1. The number of hydrogen-bond donors (Lipinski definition) is 3. The summed E-state index contributed by atoms with van der Waals surface area (Å²) in [7, 11) is 0. The van der Waals surface area contributed by atoms with E-state index in [2.05, 4.69) is 10.3 Å². The largest absolute Gasteiger partial charge is 0.394 e. The van der Waals surface area contributed by atoms with Gasteiger partial charge in [0.1, 0.15) is 0 Å². The van der Waals surface area contributed by atoms with Crippen molar-refractivity contribution in [1.82, 2.24) is 10.3 Å². The van der Waals surface area contributed by atoms with Gasteiger partial charge in [-0.15, -0.1) is 0 Å². The molecule has 0 radical (unpaired) electrons. The first-order valence-corrected chi connectivity index (χ1v) is 6.53. The predicted octanol–water partition coefficient (Wildman–Crippen LogP) is 1.46. The molecule has 1 heterocycles. The molecule has 0 spiro atoms. The quantitative estimate of drug-likeness (QED) is 0.735. The molecule has 0 aliphatic carbocycles. The lowest BCUT2D eigenvalue weighted by atomic mass is 9.97. The number of pyridine rings is 1. The molecule has 3 N–H and O–H groups in total. The van der Waals surface area contributed by atoms with Crippen LogP contribution in [-0.2, 0) is 6.54 Å². The van der Waals surface area contributed by atoms with Crippen molar-refractivity contribution in [3.8, 4) is 0 Å². The summed E-state index contributed by atoms with van der Waals surface area (Å²) in [4.78, 5) is 4.11. The Morgan fingerprint density at radius 2 is 2.00 bits per heavy atom. The van der Waals surface area contributed by atoms with Crippen LogP contribution in [0.15, 0.2) is 36.7 Å². The summed E-state index contributed by atoms with van der Waals surface area (Å²) in [5.74, 6) is 0. The predicted molar refractivity (Wildman–Crippen MR) is 75.8 cm³/mol. The average Bonchev–Trinajstić information content (AvgIpc) is 2.49. The van der Waals surface area contributed by atoms with Crippen molar-refractivity contribution in [1.29, 1.82) is 0 Å². The molecule has 19 heavy (non-hydrogen) atoms. The van der Waals surface area contributed by atoms with Crippen molar-refractivity contribution >= 4 is 10.8 Å². The maximum Gasteiger partial charge on any atom is 0.0648 e. The zero-order valence-electron chi connectivity index (χ0n) is 11.1. The standard InChI is InChI=1S/C15H20N2O2/c1-2-15(10-18,11-19)17-9-13-5-3-4-12-8-16-7-6-14(12)13/h3-8,17-19H,2,9-11H2,1H3. The fourth-order valence-electron chi connectivity index (χ4n) is 2.14. The van der Waals surface area contributed by atoms with Crippen LogP contribution in [0, 0.1) is 0 Å². The van der Waals surface area contributed by atoms with Crippen molar-refractivity contribution in [3.63, 3.8) is 0 Å². The highest BCUT2D eigenvalue weighted by molar-refractivity contribution is 5.84. The summed E-state index contributed by atoms with van der Waals surface area (Å²) in [6, 6.07) is 8.05. The van der Waals surface area contributed by atoms with Crippen molar-refractivity contribution in [3.05, 3.63) is 42.2 Å². The van der Waals surface area contributed by atoms with Gasteiger partial charge in [0.15, 0.2) is 0 Å². The summed E-state index contributed by atoms with van der Waals surface area (Å²) < 4.78 is 0. The van der Waals surface area contributed by atoms with E-state index in [0.29, 0.717) is 13.0 Å². The van der Waals surface area contributed by atoms with E-state index < -0.39 is 5.54 Å². The lowest BCUT2D eigenvalue weighted by molar-refractivity contribution is 0.0865. The molecule has 0 unspecified atom stereocenters. The van der Waals surface area contributed by atoms with E-state index in [4.69, 9.17) is 0 Å². The van der Waals surface area contributed by atoms with Crippen LogP contribution in [0.25, 0.3) is 10.8 Å². The first-order valence-electron chi connectivity index (χ1n) is 6.53. The van der Waals surface area contributed by atoms with E-state index >= 15 is 0 Å². The Bertz CT molecular complexity index is 525. The number of nitrogens with one attached hydrogen (secondary N) is 1. The van der Waals surface area contributed by atoms with Crippen molar-refractivity contribution < 1.29 is 10.2 Å². The fourth-order valence-corrected chi connectivity index (χ4v) is 2.14. The molecule has 2 rings (SSSR count). The molecule has 0 aliphatic rings. The molecule has 102 valence electrons. The summed E-state index contributed by atoms with van der Waals surface area (Å²) >= 11 is 0. The van der Waals surface area contributed by atoms with Gasteiger partial charge in [0.25, 0.3) is 0 Å². The summed E-state index contributed by atoms with van der Waals surface area (Å²) in [5.41, 5.74) is 0.523. The van der Waals surface area contributed by atoms with E-state index in [0.717, 1.165) is 16.3 Å². The van der Waals surface area contributed by atoms with Crippen LogP contribution in [-0.4, -0.2) is 33.9 Å². The zero-order valence-corrected chi connectivity index (χ0v) is 11.1. The van der Waals surface area contributed by atoms with Crippen molar-refractivity contribution in [2.24, 2.45) is 0 Å². The highest BCUT2D eigenvalue weighted by Gasteiger charge is 2.25. The normalized spacial score (nSPS) is 11.9. The van der Waals surface area contributed by atoms with Crippen molar-refractivity contribution in [2.45, 2.75) is 25.4 Å². The van der Waals surface area contributed by atoms with Gasteiger partial charge in [0.2, 0.25) is 0 Å². The third-order valence-corrected chi connectivity index (χ3v) is 3.71.